The monoisotopic (exact) mass is 247 g/mol. The molecule has 0 aromatic heterocycles. The second-order valence-corrected chi connectivity index (χ2v) is 5.78. The lowest BCUT2D eigenvalue weighted by molar-refractivity contribution is 0.549. The summed E-state index contributed by atoms with van der Waals surface area (Å²) in [7, 11) is 0. The van der Waals surface area contributed by atoms with Crippen molar-refractivity contribution in [3.05, 3.63) is 46.4 Å². The smallest absolute Gasteiger partial charge is 0.0320 e. The summed E-state index contributed by atoms with van der Waals surface area (Å²) < 4.78 is 0. The van der Waals surface area contributed by atoms with Gasteiger partial charge in [-0.3, -0.25) is 0 Å². The maximum atomic E-state index is 3.66. The fourth-order valence-corrected chi connectivity index (χ4v) is 3.03. The van der Waals surface area contributed by atoms with Crippen molar-refractivity contribution in [1.29, 1.82) is 0 Å². The maximum absolute atomic E-state index is 3.66. The predicted octanol–water partition coefficient (Wildman–Crippen LogP) is 4.06. The average molecular weight is 247 g/mol. The summed E-state index contributed by atoms with van der Waals surface area (Å²) in [5.74, 6) is 1.26. The van der Waals surface area contributed by atoms with Crippen LogP contribution in [0.4, 0.5) is 0 Å². The van der Waals surface area contributed by atoms with E-state index in [1.54, 1.807) is 0 Å². The number of thioether (sulfide) groups is 1. The summed E-state index contributed by atoms with van der Waals surface area (Å²) in [5.41, 5.74) is 2.74. The minimum atomic E-state index is 0.484. The molecule has 0 saturated carbocycles. The molecule has 1 aromatic rings. The Morgan fingerprint density at radius 3 is 2.65 bits per heavy atom. The highest BCUT2D eigenvalue weighted by Gasteiger charge is 2.10. The molecule has 1 heterocycles. The van der Waals surface area contributed by atoms with E-state index in [2.05, 4.69) is 49.5 Å². The summed E-state index contributed by atoms with van der Waals surface area (Å²) in [4.78, 5) is 1.51. The van der Waals surface area contributed by atoms with E-state index in [1.165, 1.54) is 28.2 Å². The zero-order valence-corrected chi connectivity index (χ0v) is 11.5. The van der Waals surface area contributed by atoms with E-state index in [-0.39, 0.29) is 0 Å². The van der Waals surface area contributed by atoms with Gasteiger partial charge in [0.25, 0.3) is 0 Å². The number of hydrogen-bond acceptors (Lipinski definition) is 2. The fourth-order valence-electron chi connectivity index (χ4n) is 2.11. The molecular weight excluding hydrogens is 226 g/mol. The quantitative estimate of drug-likeness (QED) is 0.842. The van der Waals surface area contributed by atoms with E-state index in [9.17, 15) is 0 Å². The van der Waals surface area contributed by atoms with Crippen LogP contribution >= 0.6 is 11.8 Å². The van der Waals surface area contributed by atoms with E-state index in [0.29, 0.717) is 6.04 Å². The Balaban J connectivity index is 1.93. The SMILES string of the molecule is CCC(NCC1=CCCS1)c1ccc(C)cc1. The van der Waals surface area contributed by atoms with Crippen molar-refractivity contribution in [3.8, 4) is 0 Å². The molecule has 0 saturated heterocycles. The summed E-state index contributed by atoms with van der Waals surface area (Å²) in [5, 5.41) is 3.66. The fraction of sp³-hybridized carbons (Fsp3) is 0.467. The summed E-state index contributed by atoms with van der Waals surface area (Å²) in [6.45, 7) is 5.41. The minimum absolute atomic E-state index is 0.484. The molecule has 2 rings (SSSR count). The molecule has 1 nitrogen and oxygen atoms in total. The van der Waals surface area contributed by atoms with E-state index >= 15 is 0 Å². The van der Waals surface area contributed by atoms with Gasteiger partial charge in [0.1, 0.15) is 0 Å². The van der Waals surface area contributed by atoms with Crippen LogP contribution in [0.2, 0.25) is 0 Å². The Labute approximate surface area is 109 Å². The first kappa shape index (κ1) is 12.7. The van der Waals surface area contributed by atoms with Crippen LogP contribution in [-0.2, 0) is 0 Å². The second kappa shape index (κ2) is 6.27. The Morgan fingerprint density at radius 2 is 2.06 bits per heavy atom. The standard InChI is InChI=1S/C15H21NS/c1-3-15(13-8-6-12(2)7-9-13)16-11-14-5-4-10-17-14/h5-9,15-16H,3-4,10-11H2,1-2H3. The topological polar surface area (TPSA) is 12.0 Å². The Bertz CT molecular complexity index is 380. The molecule has 1 aliphatic rings. The number of hydrogen-bond donors (Lipinski definition) is 1. The molecule has 1 unspecified atom stereocenters. The molecular formula is C15H21NS. The third-order valence-corrected chi connectivity index (χ3v) is 4.31. The summed E-state index contributed by atoms with van der Waals surface area (Å²) >= 11 is 1.99. The van der Waals surface area contributed by atoms with Crippen LogP contribution in [0.1, 0.15) is 36.9 Å². The van der Waals surface area contributed by atoms with Crippen LogP contribution < -0.4 is 5.32 Å². The molecule has 92 valence electrons. The van der Waals surface area contributed by atoms with Crippen molar-refractivity contribution < 1.29 is 0 Å². The molecule has 1 atom stereocenters. The molecule has 2 heteroatoms. The highest BCUT2D eigenvalue weighted by Crippen LogP contribution is 2.25. The van der Waals surface area contributed by atoms with E-state index in [4.69, 9.17) is 0 Å². The van der Waals surface area contributed by atoms with Gasteiger partial charge in [-0.15, -0.1) is 11.8 Å². The van der Waals surface area contributed by atoms with Crippen LogP contribution in [0, 0.1) is 6.92 Å². The molecule has 0 radical (unpaired) electrons. The lowest BCUT2D eigenvalue weighted by Gasteiger charge is -2.18. The minimum Gasteiger partial charge on any atom is -0.305 e. The van der Waals surface area contributed by atoms with Crippen LogP contribution in [-0.4, -0.2) is 12.3 Å². The van der Waals surface area contributed by atoms with Crippen molar-refractivity contribution >= 4 is 11.8 Å². The van der Waals surface area contributed by atoms with E-state index < -0.39 is 0 Å². The van der Waals surface area contributed by atoms with E-state index in [0.717, 1.165) is 13.0 Å². The van der Waals surface area contributed by atoms with Gasteiger partial charge in [-0.25, -0.2) is 0 Å². The van der Waals surface area contributed by atoms with Crippen LogP contribution in [0.3, 0.4) is 0 Å². The normalized spacial score (nSPS) is 16.9. The van der Waals surface area contributed by atoms with Crippen molar-refractivity contribution in [3.63, 3.8) is 0 Å². The molecule has 0 spiro atoms. The predicted molar refractivity (Wildman–Crippen MR) is 77.4 cm³/mol. The third kappa shape index (κ3) is 3.62. The Kier molecular flexibility index (Phi) is 4.69. The van der Waals surface area contributed by atoms with Gasteiger partial charge in [-0.2, -0.15) is 0 Å². The van der Waals surface area contributed by atoms with Gasteiger partial charge in [0.15, 0.2) is 0 Å². The first-order valence-corrected chi connectivity index (χ1v) is 7.40. The third-order valence-electron chi connectivity index (χ3n) is 3.19. The molecule has 17 heavy (non-hydrogen) atoms. The second-order valence-electron chi connectivity index (χ2n) is 4.56. The number of nitrogens with one attached hydrogen (secondary N) is 1. The highest BCUT2D eigenvalue weighted by molar-refractivity contribution is 8.03. The van der Waals surface area contributed by atoms with Crippen molar-refractivity contribution in [2.75, 3.05) is 12.3 Å². The molecule has 1 aliphatic heterocycles. The molecule has 0 amide bonds. The van der Waals surface area contributed by atoms with Gasteiger partial charge < -0.3 is 5.32 Å². The lowest BCUT2D eigenvalue weighted by atomic mass is 10.0. The molecule has 0 aliphatic carbocycles. The van der Waals surface area contributed by atoms with E-state index in [1.807, 2.05) is 11.8 Å². The van der Waals surface area contributed by atoms with Crippen molar-refractivity contribution in [2.24, 2.45) is 0 Å². The van der Waals surface area contributed by atoms with Crippen molar-refractivity contribution in [1.82, 2.24) is 5.32 Å². The molecule has 1 N–H and O–H groups in total. The number of aryl methyl sites for hydroxylation is 1. The van der Waals surface area contributed by atoms with Gasteiger partial charge >= 0.3 is 0 Å². The van der Waals surface area contributed by atoms with Crippen LogP contribution in [0.15, 0.2) is 35.2 Å². The summed E-state index contributed by atoms with van der Waals surface area (Å²) in [6, 6.07) is 9.36. The maximum Gasteiger partial charge on any atom is 0.0320 e. The first-order valence-electron chi connectivity index (χ1n) is 6.41. The van der Waals surface area contributed by atoms with Gasteiger partial charge in [-0.1, -0.05) is 42.8 Å². The van der Waals surface area contributed by atoms with Crippen LogP contribution in [0.25, 0.3) is 0 Å². The zero-order valence-electron chi connectivity index (χ0n) is 10.7. The summed E-state index contributed by atoms with van der Waals surface area (Å²) in [6.07, 6.45) is 4.74. The Morgan fingerprint density at radius 1 is 1.29 bits per heavy atom. The largest absolute Gasteiger partial charge is 0.305 e. The molecule has 1 aromatic carbocycles. The Hall–Kier alpha value is -0.730. The van der Waals surface area contributed by atoms with Crippen LogP contribution in [0.5, 0.6) is 0 Å². The number of allylic oxidation sites excluding steroid dienone is 1. The molecule has 0 bridgehead atoms. The average Bonchev–Trinajstić information content (AvgIpc) is 2.85. The van der Waals surface area contributed by atoms with Gasteiger partial charge in [0, 0.05) is 18.3 Å². The molecule has 0 fully saturated rings. The zero-order chi connectivity index (χ0) is 12.1. The number of rotatable bonds is 5. The van der Waals surface area contributed by atoms with Gasteiger partial charge in [0.05, 0.1) is 0 Å². The highest BCUT2D eigenvalue weighted by atomic mass is 32.2. The van der Waals surface area contributed by atoms with Gasteiger partial charge in [-0.05, 0) is 30.2 Å². The lowest BCUT2D eigenvalue weighted by Crippen LogP contribution is -2.22. The number of benzene rings is 1. The van der Waals surface area contributed by atoms with Crippen molar-refractivity contribution in [2.45, 2.75) is 32.7 Å². The first-order chi connectivity index (χ1) is 8.29. The van der Waals surface area contributed by atoms with Gasteiger partial charge in [0.2, 0.25) is 0 Å².